The predicted octanol–water partition coefficient (Wildman–Crippen LogP) is 2.07. The normalized spacial score (nSPS) is 12.2. The number of aliphatic hydroxyl groups excluding tert-OH is 1. The Hall–Kier alpha value is -0.870. The molecule has 0 saturated carbocycles. The summed E-state index contributed by atoms with van der Waals surface area (Å²) >= 11 is 3.19. The summed E-state index contributed by atoms with van der Waals surface area (Å²) in [5, 5.41) is 12.7. The molecule has 0 bridgehead atoms. The largest absolute Gasteiger partial charge is 0.388 e. The van der Waals surface area contributed by atoms with Crippen molar-refractivity contribution in [2.75, 3.05) is 10.6 Å². The van der Waals surface area contributed by atoms with Gasteiger partial charge in [0, 0.05) is 17.9 Å². The van der Waals surface area contributed by atoms with E-state index in [9.17, 15) is 9.90 Å². The standard InChI is InChI=1S/C10H12BrNO2/c1-7(13)12-9-4-2-3-8(5-9)10(14)6-11/h2-5,10,14H,6H2,1H3,(H,12,13). The highest BCUT2D eigenvalue weighted by Gasteiger charge is 2.05. The van der Waals surface area contributed by atoms with Gasteiger partial charge in [-0.05, 0) is 17.7 Å². The van der Waals surface area contributed by atoms with Crippen LogP contribution in [0.1, 0.15) is 18.6 Å². The fourth-order valence-corrected chi connectivity index (χ4v) is 1.49. The summed E-state index contributed by atoms with van der Waals surface area (Å²) in [5.74, 6) is -0.115. The number of benzene rings is 1. The average molecular weight is 258 g/mol. The molecule has 1 amide bonds. The SMILES string of the molecule is CC(=O)Nc1cccc(C(O)CBr)c1. The molecular formula is C10H12BrNO2. The number of carbonyl (C=O) groups excluding carboxylic acids is 1. The fourth-order valence-electron chi connectivity index (χ4n) is 1.12. The van der Waals surface area contributed by atoms with Crippen molar-refractivity contribution in [1.29, 1.82) is 0 Å². The first-order chi connectivity index (χ1) is 6.63. The number of anilines is 1. The van der Waals surface area contributed by atoms with Gasteiger partial charge in [0.15, 0.2) is 0 Å². The van der Waals surface area contributed by atoms with Crippen molar-refractivity contribution >= 4 is 27.5 Å². The molecule has 76 valence electrons. The van der Waals surface area contributed by atoms with E-state index in [1.165, 1.54) is 6.92 Å². The van der Waals surface area contributed by atoms with E-state index in [0.717, 1.165) is 5.56 Å². The maximum absolute atomic E-state index is 10.8. The van der Waals surface area contributed by atoms with Gasteiger partial charge in [0.25, 0.3) is 0 Å². The van der Waals surface area contributed by atoms with Crippen LogP contribution in [-0.4, -0.2) is 16.3 Å². The van der Waals surface area contributed by atoms with Crippen molar-refractivity contribution in [3.05, 3.63) is 29.8 Å². The van der Waals surface area contributed by atoms with Gasteiger partial charge in [-0.1, -0.05) is 28.1 Å². The van der Waals surface area contributed by atoms with Crippen LogP contribution in [0.4, 0.5) is 5.69 Å². The Labute approximate surface area is 91.3 Å². The zero-order valence-electron chi connectivity index (χ0n) is 7.83. The van der Waals surface area contributed by atoms with E-state index in [0.29, 0.717) is 11.0 Å². The molecule has 1 aromatic rings. The first-order valence-corrected chi connectivity index (χ1v) is 5.37. The van der Waals surface area contributed by atoms with E-state index >= 15 is 0 Å². The number of hydrogen-bond acceptors (Lipinski definition) is 2. The number of amides is 1. The third-order valence-electron chi connectivity index (χ3n) is 1.74. The van der Waals surface area contributed by atoms with Crippen molar-refractivity contribution < 1.29 is 9.90 Å². The second-order valence-electron chi connectivity index (χ2n) is 2.98. The Morgan fingerprint density at radius 1 is 1.64 bits per heavy atom. The van der Waals surface area contributed by atoms with Crippen LogP contribution in [0.2, 0.25) is 0 Å². The lowest BCUT2D eigenvalue weighted by Crippen LogP contribution is -2.06. The molecule has 1 rings (SSSR count). The molecule has 2 N–H and O–H groups in total. The van der Waals surface area contributed by atoms with Crippen molar-refractivity contribution in [1.82, 2.24) is 0 Å². The van der Waals surface area contributed by atoms with Gasteiger partial charge in [-0.25, -0.2) is 0 Å². The second kappa shape index (κ2) is 5.12. The number of alkyl halides is 1. The first kappa shape index (κ1) is 11.2. The van der Waals surface area contributed by atoms with Crippen LogP contribution in [0.3, 0.4) is 0 Å². The molecule has 0 radical (unpaired) electrons. The summed E-state index contributed by atoms with van der Waals surface area (Å²) < 4.78 is 0. The van der Waals surface area contributed by atoms with Crippen molar-refractivity contribution in [3.8, 4) is 0 Å². The Balaban J connectivity index is 2.83. The molecule has 14 heavy (non-hydrogen) atoms. The molecular weight excluding hydrogens is 246 g/mol. The molecule has 0 aliphatic carbocycles. The molecule has 1 aromatic carbocycles. The van der Waals surface area contributed by atoms with Gasteiger partial charge in [-0.2, -0.15) is 0 Å². The van der Waals surface area contributed by atoms with Gasteiger partial charge >= 0.3 is 0 Å². The smallest absolute Gasteiger partial charge is 0.221 e. The summed E-state index contributed by atoms with van der Waals surface area (Å²) in [5.41, 5.74) is 1.49. The first-order valence-electron chi connectivity index (χ1n) is 4.25. The molecule has 0 saturated heterocycles. The van der Waals surface area contributed by atoms with Gasteiger partial charge in [-0.3, -0.25) is 4.79 Å². The summed E-state index contributed by atoms with van der Waals surface area (Å²) in [6.45, 7) is 1.45. The maximum atomic E-state index is 10.8. The Morgan fingerprint density at radius 3 is 2.93 bits per heavy atom. The molecule has 1 unspecified atom stereocenters. The predicted molar refractivity (Wildman–Crippen MR) is 59.5 cm³/mol. The number of nitrogens with one attached hydrogen (secondary N) is 1. The van der Waals surface area contributed by atoms with Crippen LogP contribution in [-0.2, 0) is 4.79 Å². The lowest BCUT2D eigenvalue weighted by atomic mass is 10.1. The van der Waals surface area contributed by atoms with Crippen LogP contribution in [0.15, 0.2) is 24.3 Å². The minimum absolute atomic E-state index is 0.115. The van der Waals surface area contributed by atoms with Crippen LogP contribution < -0.4 is 5.32 Å². The Morgan fingerprint density at radius 2 is 2.36 bits per heavy atom. The molecule has 0 heterocycles. The van der Waals surface area contributed by atoms with E-state index in [-0.39, 0.29) is 5.91 Å². The third-order valence-corrected chi connectivity index (χ3v) is 2.35. The van der Waals surface area contributed by atoms with Crippen molar-refractivity contribution in [2.24, 2.45) is 0 Å². The molecule has 0 spiro atoms. The third kappa shape index (κ3) is 3.12. The van der Waals surface area contributed by atoms with Crippen LogP contribution in [0.25, 0.3) is 0 Å². The summed E-state index contributed by atoms with van der Waals surface area (Å²) in [4.78, 5) is 10.8. The molecule has 0 aliphatic heterocycles. The number of carbonyl (C=O) groups is 1. The molecule has 0 aromatic heterocycles. The maximum Gasteiger partial charge on any atom is 0.221 e. The van der Waals surface area contributed by atoms with E-state index in [4.69, 9.17) is 0 Å². The van der Waals surface area contributed by atoms with Crippen molar-refractivity contribution in [2.45, 2.75) is 13.0 Å². The van der Waals surface area contributed by atoms with Gasteiger partial charge in [-0.15, -0.1) is 0 Å². The van der Waals surface area contributed by atoms with Crippen LogP contribution in [0.5, 0.6) is 0 Å². The topological polar surface area (TPSA) is 49.3 Å². The minimum atomic E-state index is -0.538. The van der Waals surface area contributed by atoms with E-state index in [1.807, 2.05) is 6.07 Å². The molecule has 3 nitrogen and oxygen atoms in total. The molecule has 0 aliphatic rings. The lowest BCUT2D eigenvalue weighted by Gasteiger charge is -2.09. The lowest BCUT2D eigenvalue weighted by molar-refractivity contribution is -0.114. The van der Waals surface area contributed by atoms with Crippen molar-refractivity contribution in [3.63, 3.8) is 0 Å². The fraction of sp³-hybridized carbons (Fsp3) is 0.300. The minimum Gasteiger partial charge on any atom is -0.388 e. The molecule has 1 atom stereocenters. The zero-order chi connectivity index (χ0) is 10.6. The van der Waals surface area contributed by atoms with E-state index in [2.05, 4.69) is 21.2 Å². The Kier molecular flexibility index (Phi) is 4.10. The summed E-state index contributed by atoms with van der Waals surface area (Å²) in [6.07, 6.45) is -0.538. The monoisotopic (exact) mass is 257 g/mol. The molecule has 0 fully saturated rings. The Bertz CT molecular complexity index is 328. The quantitative estimate of drug-likeness (QED) is 0.815. The highest BCUT2D eigenvalue weighted by Crippen LogP contribution is 2.18. The molecule has 4 heteroatoms. The summed E-state index contributed by atoms with van der Waals surface area (Å²) in [6, 6.07) is 7.16. The van der Waals surface area contributed by atoms with Gasteiger partial charge in [0.1, 0.15) is 0 Å². The van der Waals surface area contributed by atoms with Crippen LogP contribution in [0, 0.1) is 0 Å². The van der Waals surface area contributed by atoms with E-state index < -0.39 is 6.10 Å². The number of hydrogen-bond donors (Lipinski definition) is 2. The van der Waals surface area contributed by atoms with E-state index in [1.54, 1.807) is 18.2 Å². The zero-order valence-corrected chi connectivity index (χ0v) is 9.41. The average Bonchev–Trinajstić information content (AvgIpc) is 2.16. The van der Waals surface area contributed by atoms with Crippen LogP contribution >= 0.6 is 15.9 Å². The van der Waals surface area contributed by atoms with Gasteiger partial charge in [0.2, 0.25) is 5.91 Å². The highest BCUT2D eigenvalue weighted by molar-refractivity contribution is 9.09. The summed E-state index contributed by atoms with van der Waals surface area (Å²) in [7, 11) is 0. The highest BCUT2D eigenvalue weighted by atomic mass is 79.9. The van der Waals surface area contributed by atoms with Gasteiger partial charge < -0.3 is 10.4 Å². The number of halogens is 1. The van der Waals surface area contributed by atoms with Gasteiger partial charge in [0.05, 0.1) is 6.10 Å². The number of aliphatic hydroxyl groups is 1. The second-order valence-corrected chi connectivity index (χ2v) is 3.62. The number of rotatable bonds is 3.